The minimum Gasteiger partial charge on any atom is -0.306 e. The lowest BCUT2D eigenvalue weighted by atomic mass is 10.0. The molecular formula is C22H47N. The van der Waals surface area contributed by atoms with Gasteiger partial charge in [-0.05, 0) is 33.0 Å². The molecular weight excluding hydrogens is 278 g/mol. The van der Waals surface area contributed by atoms with E-state index < -0.39 is 0 Å². The first kappa shape index (κ1) is 23.0. The molecule has 0 N–H and O–H groups in total. The van der Waals surface area contributed by atoms with Gasteiger partial charge in [-0.1, -0.05) is 110 Å². The van der Waals surface area contributed by atoms with E-state index in [-0.39, 0.29) is 0 Å². The maximum absolute atomic E-state index is 2.52. The first-order valence-electron chi connectivity index (χ1n) is 11.0. The van der Waals surface area contributed by atoms with E-state index in [1.54, 1.807) is 0 Å². The van der Waals surface area contributed by atoms with Crippen LogP contribution >= 0.6 is 0 Å². The largest absolute Gasteiger partial charge is 0.306 e. The van der Waals surface area contributed by atoms with Gasteiger partial charge in [0.2, 0.25) is 0 Å². The third kappa shape index (κ3) is 19.9. The second kappa shape index (κ2) is 20.0. The van der Waals surface area contributed by atoms with Gasteiger partial charge >= 0.3 is 0 Å². The molecule has 0 heterocycles. The molecule has 0 amide bonds. The van der Waals surface area contributed by atoms with Crippen LogP contribution in [0.15, 0.2) is 0 Å². The van der Waals surface area contributed by atoms with Crippen LogP contribution in [0.25, 0.3) is 0 Å². The summed E-state index contributed by atoms with van der Waals surface area (Å²) < 4.78 is 0. The molecule has 1 nitrogen and oxygen atoms in total. The van der Waals surface area contributed by atoms with Crippen LogP contribution in [0, 0.1) is 0 Å². The van der Waals surface area contributed by atoms with Gasteiger partial charge in [0.05, 0.1) is 0 Å². The summed E-state index contributed by atoms with van der Waals surface area (Å²) in [6.07, 6.45) is 24.5. The molecule has 0 aromatic rings. The molecule has 0 aromatic heterocycles. The molecule has 0 spiro atoms. The molecule has 140 valence electrons. The molecule has 0 unspecified atom stereocenters. The Kier molecular flexibility index (Phi) is 20.0. The highest BCUT2D eigenvalue weighted by molar-refractivity contribution is 4.54. The van der Waals surface area contributed by atoms with Crippen molar-refractivity contribution in [3.05, 3.63) is 0 Å². The van der Waals surface area contributed by atoms with E-state index in [4.69, 9.17) is 0 Å². The zero-order valence-corrected chi connectivity index (χ0v) is 16.9. The summed E-state index contributed by atoms with van der Waals surface area (Å²) in [6.45, 7) is 7.19. The van der Waals surface area contributed by atoms with Gasteiger partial charge in [0.1, 0.15) is 0 Å². The lowest BCUT2D eigenvalue weighted by molar-refractivity contribution is 0.315. The highest BCUT2D eigenvalue weighted by Crippen LogP contribution is 2.13. The van der Waals surface area contributed by atoms with Gasteiger partial charge in [-0.3, -0.25) is 0 Å². The standard InChI is InChI=1S/C22H47N/c1-4-6-8-9-10-11-12-13-14-15-16-17-18-20-22-23(3)21-19-7-5-2/h4-22H2,1-3H3. The van der Waals surface area contributed by atoms with Gasteiger partial charge in [-0.2, -0.15) is 0 Å². The lowest BCUT2D eigenvalue weighted by Gasteiger charge is -2.15. The fourth-order valence-electron chi connectivity index (χ4n) is 3.32. The van der Waals surface area contributed by atoms with E-state index in [1.807, 2.05) is 0 Å². The average molecular weight is 326 g/mol. The fourth-order valence-corrected chi connectivity index (χ4v) is 3.32. The molecule has 0 aliphatic heterocycles. The molecule has 0 atom stereocenters. The van der Waals surface area contributed by atoms with Crippen LogP contribution < -0.4 is 0 Å². The first-order valence-corrected chi connectivity index (χ1v) is 11.0. The first-order chi connectivity index (χ1) is 11.3. The summed E-state index contributed by atoms with van der Waals surface area (Å²) in [6, 6.07) is 0. The van der Waals surface area contributed by atoms with Crippen molar-refractivity contribution in [3.8, 4) is 0 Å². The topological polar surface area (TPSA) is 3.24 Å². The normalized spacial score (nSPS) is 11.5. The third-order valence-electron chi connectivity index (χ3n) is 5.04. The Hall–Kier alpha value is -0.0400. The van der Waals surface area contributed by atoms with E-state index in [2.05, 4.69) is 25.8 Å². The van der Waals surface area contributed by atoms with Crippen molar-refractivity contribution in [1.29, 1.82) is 0 Å². The predicted octanol–water partition coefficient (Wildman–Crippen LogP) is 7.59. The smallest absolute Gasteiger partial charge is 0.00218 e. The third-order valence-corrected chi connectivity index (χ3v) is 5.04. The van der Waals surface area contributed by atoms with Crippen LogP contribution in [0.4, 0.5) is 0 Å². The van der Waals surface area contributed by atoms with Crippen molar-refractivity contribution in [2.45, 2.75) is 123 Å². The maximum atomic E-state index is 2.52. The van der Waals surface area contributed by atoms with Crippen molar-refractivity contribution >= 4 is 0 Å². The van der Waals surface area contributed by atoms with Gasteiger partial charge in [-0.25, -0.2) is 0 Å². The number of nitrogens with zero attached hydrogens (tertiary/aromatic N) is 1. The molecule has 23 heavy (non-hydrogen) atoms. The number of hydrogen-bond acceptors (Lipinski definition) is 1. The highest BCUT2D eigenvalue weighted by atomic mass is 15.1. The van der Waals surface area contributed by atoms with E-state index in [0.717, 1.165) is 0 Å². The van der Waals surface area contributed by atoms with Crippen LogP contribution in [-0.2, 0) is 0 Å². The summed E-state index contributed by atoms with van der Waals surface area (Å²) in [5, 5.41) is 0. The summed E-state index contributed by atoms with van der Waals surface area (Å²) in [5.41, 5.74) is 0. The molecule has 0 rings (SSSR count). The number of rotatable bonds is 19. The SMILES string of the molecule is CCCCCCCCCCCCCCCCN(C)CCCCC. The van der Waals surface area contributed by atoms with Gasteiger partial charge in [0.15, 0.2) is 0 Å². The molecule has 0 bridgehead atoms. The van der Waals surface area contributed by atoms with Gasteiger partial charge in [-0.15, -0.1) is 0 Å². The Morgan fingerprint density at radius 2 is 0.652 bits per heavy atom. The quantitative estimate of drug-likeness (QED) is 0.221. The van der Waals surface area contributed by atoms with E-state index in [9.17, 15) is 0 Å². The zero-order valence-electron chi connectivity index (χ0n) is 16.9. The van der Waals surface area contributed by atoms with Crippen molar-refractivity contribution in [3.63, 3.8) is 0 Å². The summed E-state index contributed by atoms with van der Waals surface area (Å²) in [4.78, 5) is 2.52. The lowest BCUT2D eigenvalue weighted by Crippen LogP contribution is -2.20. The second-order valence-electron chi connectivity index (χ2n) is 7.61. The van der Waals surface area contributed by atoms with E-state index >= 15 is 0 Å². The van der Waals surface area contributed by atoms with Crippen LogP contribution in [0.2, 0.25) is 0 Å². The molecule has 0 aromatic carbocycles. The van der Waals surface area contributed by atoms with Crippen LogP contribution in [0.3, 0.4) is 0 Å². The summed E-state index contributed by atoms with van der Waals surface area (Å²) in [7, 11) is 2.29. The van der Waals surface area contributed by atoms with Crippen molar-refractivity contribution in [1.82, 2.24) is 4.90 Å². The van der Waals surface area contributed by atoms with Gasteiger partial charge < -0.3 is 4.90 Å². The molecule has 0 aliphatic carbocycles. The Morgan fingerprint density at radius 1 is 0.391 bits per heavy atom. The molecule has 0 fully saturated rings. The van der Waals surface area contributed by atoms with Crippen molar-refractivity contribution in [2.75, 3.05) is 20.1 Å². The van der Waals surface area contributed by atoms with Crippen LogP contribution in [0.5, 0.6) is 0 Å². The van der Waals surface area contributed by atoms with Gasteiger partial charge in [0, 0.05) is 0 Å². The minimum atomic E-state index is 1.30. The molecule has 0 saturated carbocycles. The van der Waals surface area contributed by atoms with E-state index in [1.165, 1.54) is 122 Å². The summed E-state index contributed by atoms with van der Waals surface area (Å²) >= 11 is 0. The Balaban J connectivity index is 3.05. The van der Waals surface area contributed by atoms with Crippen molar-refractivity contribution in [2.24, 2.45) is 0 Å². The maximum Gasteiger partial charge on any atom is -0.00218 e. The zero-order chi connectivity index (χ0) is 17.0. The molecule has 1 heteroatoms. The Labute approximate surface area is 148 Å². The monoisotopic (exact) mass is 325 g/mol. The molecule has 0 radical (unpaired) electrons. The fraction of sp³-hybridized carbons (Fsp3) is 1.00. The number of hydrogen-bond donors (Lipinski definition) is 0. The second-order valence-corrected chi connectivity index (χ2v) is 7.61. The van der Waals surface area contributed by atoms with E-state index in [0.29, 0.717) is 0 Å². The average Bonchev–Trinajstić information content (AvgIpc) is 2.55. The van der Waals surface area contributed by atoms with Crippen molar-refractivity contribution < 1.29 is 0 Å². The van der Waals surface area contributed by atoms with Crippen LogP contribution in [-0.4, -0.2) is 25.0 Å². The molecule has 0 aliphatic rings. The molecule has 0 saturated heterocycles. The number of unbranched alkanes of at least 4 members (excludes halogenated alkanes) is 15. The van der Waals surface area contributed by atoms with Gasteiger partial charge in [0.25, 0.3) is 0 Å². The Bertz CT molecular complexity index is 202. The predicted molar refractivity (Wildman–Crippen MR) is 107 cm³/mol. The summed E-state index contributed by atoms with van der Waals surface area (Å²) in [5.74, 6) is 0. The minimum absolute atomic E-state index is 1.30. The Morgan fingerprint density at radius 3 is 1.04 bits per heavy atom. The highest BCUT2D eigenvalue weighted by Gasteiger charge is 1.98. The van der Waals surface area contributed by atoms with Crippen LogP contribution in [0.1, 0.15) is 123 Å².